The molecule has 2 aromatic carbocycles. The van der Waals surface area contributed by atoms with Gasteiger partial charge in [-0.25, -0.2) is 4.39 Å². The third kappa shape index (κ3) is 4.91. The van der Waals surface area contributed by atoms with Gasteiger partial charge in [-0.05, 0) is 41.8 Å². The Balaban J connectivity index is 1.65. The van der Waals surface area contributed by atoms with Gasteiger partial charge in [-0.3, -0.25) is 9.78 Å². The predicted octanol–water partition coefficient (Wildman–Crippen LogP) is 5.21. The number of amides is 1. The minimum absolute atomic E-state index is 0.262. The summed E-state index contributed by atoms with van der Waals surface area (Å²) >= 11 is 0. The minimum atomic E-state index is -0.290. The van der Waals surface area contributed by atoms with Crippen LogP contribution in [0.4, 0.5) is 15.8 Å². The van der Waals surface area contributed by atoms with Crippen LogP contribution in [0.2, 0.25) is 0 Å². The van der Waals surface area contributed by atoms with Gasteiger partial charge in [-0.15, -0.1) is 0 Å². The fraction of sp³-hybridized carbons (Fsp3) is 0.182. The molecule has 5 heteroatoms. The van der Waals surface area contributed by atoms with Crippen LogP contribution in [-0.2, 0) is 6.54 Å². The van der Waals surface area contributed by atoms with Crippen molar-refractivity contribution in [3.63, 3.8) is 0 Å². The molecule has 27 heavy (non-hydrogen) atoms. The van der Waals surface area contributed by atoms with E-state index < -0.39 is 0 Å². The fourth-order valence-corrected chi connectivity index (χ4v) is 2.65. The molecule has 1 heterocycles. The molecule has 0 bridgehead atoms. The standard InChI is InChI=1S/C22H22FN3O/c1-15(2)16-7-9-18(10-8-16)26-22(27)21-13-19(11-12-24-21)25-14-17-5-3-4-6-20(17)23/h3-13,15H,14H2,1-2H3,(H,24,25)(H,26,27). The number of nitrogens with zero attached hydrogens (tertiary/aromatic N) is 1. The van der Waals surface area contributed by atoms with Crippen LogP contribution in [0.3, 0.4) is 0 Å². The lowest BCUT2D eigenvalue weighted by Crippen LogP contribution is -2.14. The molecule has 0 saturated heterocycles. The van der Waals surface area contributed by atoms with Crippen LogP contribution in [0.5, 0.6) is 0 Å². The summed E-state index contributed by atoms with van der Waals surface area (Å²) in [5, 5.41) is 5.97. The highest BCUT2D eigenvalue weighted by atomic mass is 19.1. The normalized spacial score (nSPS) is 10.7. The number of hydrogen-bond donors (Lipinski definition) is 2. The monoisotopic (exact) mass is 363 g/mol. The first kappa shape index (κ1) is 18.6. The van der Waals surface area contributed by atoms with Crippen LogP contribution >= 0.6 is 0 Å². The number of hydrogen-bond acceptors (Lipinski definition) is 3. The van der Waals surface area contributed by atoms with Crippen molar-refractivity contribution in [2.75, 3.05) is 10.6 Å². The van der Waals surface area contributed by atoms with Crippen molar-refractivity contribution in [3.05, 3.63) is 89.5 Å². The molecule has 0 unspecified atom stereocenters. The molecule has 3 rings (SSSR count). The van der Waals surface area contributed by atoms with E-state index in [4.69, 9.17) is 0 Å². The zero-order chi connectivity index (χ0) is 19.2. The molecule has 0 aliphatic carbocycles. The van der Waals surface area contributed by atoms with Crippen molar-refractivity contribution in [1.82, 2.24) is 4.98 Å². The molecular weight excluding hydrogens is 341 g/mol. The summed E-state index contributed by atoms with van der Waals surface area (Å²) in [6.07, 6.45) is 1.56. The quantitative estimate of drug-likeness (QED) is 0.632. The van der Waals surface area contributed by atoms with Gasteiger partial charge < -0.3 is 10.6 Å². The molecule has 2 N–H and O–H groups in total. The van der Waals surface area contributed by atoms with E-state index in [0.717, 1.165) is 5.69 Å². The Morgan fingerprint density at radius 2 is 1.78 bits per heavy atom. The molecule has 0 spiro atoms. The molecule has 0 aliphatic rings. The maximum Gasteiger partial charge on any atom is 0.274 e. The average Bonchev–Trinajstić information content (AvgIpc) is 2.68. The Kier molecular flexibility index (Phi) is 5.81. The largest absolute Gasteiger partial charge is 0.381 e. The number of pyridine rings is 1. The number of nitrogens with one attached hydrogen (secondary N) is 2. The molecule has 0 radical (unpaired) electrons. The number of rotatable bonds is 6. The number of benzene rings is 2. The van der Waals surface area contributed by atoms with Gasteiger partial charge in [0, 0.05) is 29.7 Å². The van der Waals surface area contributed by atoms with Gasteiger partial charge >= 0.3 is 0 Å². The summed E-state index contributed by atoms with van der Waals surface area (Å²) in [5.74, 6) is -0.114. The van der Waals surface area contributed by atoms with Gasteiger partial charge in [0.2, 0.25) is 0 Å². The van der Waals surface area contributed by atoms with Gasteiger partial charge in [0.25, 0.3) is 5.91 Å². The molecule has 0 fully saturated rings. The molecule has 1 amide bonds. The smallest absolute Gasteiger partial charge is 0.274 e. The van der Waals surface area contributed by atoms with Gasteiger partial charge in [-0.1, -0.05) is 44.2 Å². The lowest BCUT2D eigenvalue weighted by Gasteiger charge is -2.10. The van der Waals surface area contributed by atoms with E-state index in [2.05, 4.69) is 29.5 Å². The third-order valence-electron chi connectivity index (χ3n) is 4.27. The number of carbonyl (C=O) groups excluding carboxylic acids is 1. The Bertz CT molecular complexity index is 923. The number of halogens is 1. The Labute approximate surface area is 158 Å². The highest BCUT2D eigenvalue weighted by Gasteiger charge is 2.09. The summed E-state index contributed by atoms with van der Waals surface area (Å²) in [6, 6.07) is 17.7. The summed E-state index contributed by atoms with van der Waals surface area (Å²) in [6.45, 7) is 4.57. The van der Waals surface area contributed by atoms with Crippen molar-refractivity contribution in [2.45, 2.75) is 26.3 Å². The third-order valence-corrected chi connectivity index (χ3v) is 4.27. The van der Waals surface area contributed by atoms with E-state index in [1.165, 1.54) is 11.6 Å². The second-order valence-corrected chi connectivity index (χ2v) is 6.61. The molecule has 4 nitrogen and oxygen atoms in total. The van der Waals surface area contributed by atoms with Crippen LogP contribution in [0, 0.1) is 5.82 Å². The van der Waals surface area contributed by atoms with Crippen LogP contribution in [0.15, 0.2) is 66.9 Å². The first-order chi connectivity index (χ1) is 13.0. The Hall–Kier alpha value is -3.21. The minimum Gasteiger partial charge on any atom is -0.381 e. The zero-order valence-electron chi connectivity index (χ0n) is 15.4. The number of carbonyl (C=O) groups is 1. The first-order valence-corrected chi connectivity index (χ1v) is 8.87. The Morgan fingerprint density at radius 3 is 2.48 bits per heavy atom. The summed E-state index contributed by atoms with van der Waals surface area (Å²) in [4.78, 5) is 16.6. The van der Waals surface area contributed by atoms with Crippen molar-refractivity contribution in [2.24, 2.45) is 0 Å². The molecular formula is C22H22FN3O. The van der Waals surface area contributed by atoms with Gasteiger partial charge in [0.15, 0.2) is 0 Å². The second kappa shape index (κ2) is 8.45. The molecule has 138 valence electrons. The Morgan fingerprint density at radius 1 is 1.04 bits per heavy atom. The van der Waals surface area contributed by atoms with Crippen LogP contribution in [0.25, 0.3) is 0 Å². The van der Waals surface area contributed by atoms with Gasteiger partial charge in [-0.2, -0.15) is 0 Å². The average molecular weight is 363 g/mol. The van der Waals surface area contributed by atoms with Crippen molar-refractivity contribution < 1.29 is 9.18 Å². The van der Waals surface area contributed by atoms with E-state index in [1.54, 1.807) is 36.5 Å². The summed E-state index contributed by atoms with van der Waals surface area (Å²) in [7, 11) is 0. The number of anilines is 2. The maximum absolute atomic E-state index is 13.7. The fourth-order valence-electron chi connectivity index (χ4n) is 2.65. The molecule has 1 aromatic heterocycles. The van der Waals surface area contributed by atoms with Crippen molar-refractivity contribution >= 4 is 17.3 Å². The number of aromatic nitrogens is 1. The second-order valence-electron chi connectivity index (χ2n) is 6.61. The molecule has 3 aromatic rings. The van der Waals surface area contributed by atoms with E-state index in [-0.39, 0.29) is 11.7 Å². The molecule has 0 saturated carbocycles. The summed E-state index contributed by atoms with van der Waals surface area (Å²) in [5.41, 5.74) is 3.49. The van der Waals surface area contributed by atoms with E-state index in [9.17, 15) is 9.18 Å². The van der Waals surface area contributed by atoms with Crippen LogP contribution < -0.4 is 10.6 Å². The van der Waals surface area contributed by atoms with Crippen LogP contribution in [0.1, 0.15) is 41.4 Å². The lowest BCUT2D eigenvalue weighted by atomic mass is 10.0. The predicted molar refractivity (Wildman–Crippen MR) is 106 cm³/mol. The molecule has 0 atom stereocenters. The van der Waals surface area contributed by atoms with E-state index >= 15 is 0 Å². The maximum atomic E-state index is 13.7. The van der Waals surface area contributed by atoms with Crippen LogP contribution in [-0.4, -0.2) is 10.9 Å². The van der Waals surface area contributed by atoms with Crippen molar-refractivity contribution in [3.8, 4) is 0 Å². The highest BCUT2D eigenvalue weighted by Crippen LogP contribution is 2.18. The zero-order valence-corrected chi connectivity index (χ0v) is 15.4. The van der Waals surface area contributed by atoms with Crippen molar-refractivity contribution in [1.29, 1.82) is 0 Å². The summed E-state index contributed by atoms with van der Waals surface area (Å²) < 4.78 is 13.7. The van der Waals surface area contributed by atoms with E-state index in [1.807, 2.05) is 24.3 Å². The highest BCUT2D eigenvalue weighted by molar-refractivity contribution is 6.03. The lowest BCUT2D eigenvalue weighted by molar-refractivity contribution is 0.102. The SMILES string of the molecule is CC(C)c1ccc(NC(=O)c2cc(NCc3ccccc3F)ccn2)cc1. The van der Waals surface area contributed by atoms with E-state index in [0.29, 0.717) is 29.4 Å². The first-order valence-electron chi connectivity index (χ1n) is 8.87. The van der Waals surface area contributed by atoms with Gasteiger partial charge in [0.05, 0.1) is 0 Å². The molecule has 0 aliphatic heterocycles. The van der Waals surface area contributed by atoms with Gasteiger partial charge in [0.1, 0.15) is 11.5 Å². The topological polar surface area (TPSA) is 54.0 Å².